The Morgan fingerprint density at radius 1 is 1.50 bits per heavy atom. The average molecular weight is 336 g/mol. The molecule has 0 aromatic carbocycles. The lowest BCUT2D eigenvalue weighted by atomic mass is 10.1. The highest BCUT2D eigenvalue weighted by molar-refractivity contribution is 14.1. The summed E-state index contributed by atoms with van der Waals surface area (Å²) in [5.41, 5.74) is -0.914. The summed E-state index contributed by atoms with van der Waals surface area (Å²) in [6.45, 7) is 0. The maximum absolute atomic E-state index is 11.5. The van der Waals surface area contributed by atoms with E-state index in [1.165, 1.54) is 6.20 Å². The molecule has 3 N–H and O–H groups in total. The maximum Gasteiger partial charge on any atom is 0.325 e. The van der Waals surface area contributed by atoms with Crippen molar-refractivity contribution in [3.8, 4) is 0 Å². The first-order chi connectivity index (χ1) is 7.61. The van der Waals surface area contributed by atoms with Crippen LogP contribution in [0.1, 0.15) is 11.7 Å². The highest BCUT2D eigenvalue weighted by Gasteiger charge is 2.30. The number of nitrogens with one attached hydrogen (secondary N) is 2. The summed E-state index contributed by atoms with van der Waals surface area (Å²) < 4.78 is 6.01. The zero-order chi connectivity index (χ0) is 11.7. The third kappa shape index (κ3) is 2.05. The molecule has 0 radical (unpaired) electrons. The van der Waals surface area contributed by atoms with Crippen molar-refractivity contribution in [3.05, 3.63) is 44.4 Å². The van der Waals surface area contributed by atoms with E-state index in [9.17, 15) is 14.7 Å². The predicted molar refractivity (Wildman–Crippen MR) is 64.5 cm³/mol. The molecule has 0 fully saturated rings. The van der Waals surface area contributed by atoms with Crippen LogP contribution < -0.4 is 11.2 Å². The summed E-state index contributed by atoms with van der Waals surface area (Å²) in [6.07, 6.45) is 1.21. The van der Waals surface area contributed by atoms with Gasteiger partial charge in [-0.2, -0.15) is 0 Å². The van der Waals surface area contributed by atoms with E-state index < -0.39 is 23.5 Å². The topological polar surface area (TPSA) is 95.2 Å². The zero-order valence-corrected chi connectivity index (χ0v) is 10.2. The number of aromatic amines is 2. The van der Waals surface area contributed by atoms with Gasteiger partial charge in [0.1, 0.15) is 11.9 Å². The van der Waals surface area contributed by atoms with Crippen LogP contribution in [0.15, 0.2) is 27.6 Å². The number of halogens is 1. The standard InChI is InChI=1S/C9H9IN2O4/c10-2-4-1-6(13)7(16-4)5-3-11-9(15)12-8(5)14/h1,3,6-7,13H,2H2,(H2,11,12,14,15)/t6?,7-/m0/s1. The highest BCUT2D eigenvalue weighted by atomic mass is 127. The molecule has 1 aliphatic heterocycles. The monoisotopic (exact) mass is 336 g/mol. The fourth-order valence-electron chi connectivity index (χ4n) is 1.50. The molecule has 7 heteroatoms. The SMILES string of the molecule is O=c1[nH]cc([C@@H]2OC(CI)=CC2O)c(=O)[nH]1. The van der Waals surface area contributed by atoms with Crippen molar-refractivity contribution in [2.45, 2.75) is 12.2 Å². The number of alkyl halides is 1. The molecule has 1 aromatic heterocycles. The number of H-pyrrole nitrogens is 2. The minimum absolute atomic E-state index is 0.211. The van der Waals surface area contributed by atoms with Crippen LogP contribution in [0.2, 0.25) is 0 Å². The van der Waals surface area contributed by atoms with Crippen LogP contribution in [0.3, 0.4) is 0 Å². The Morgan fingerprint density at radius 3 is 2.81 bits per heavy atom. The second-order valence-electron chi connectivity index (χ2n) is 3.32. The smallest absolute Gasteiger partial charge is 0.325 e. The summed E-state index contributed by atoms with van der Waals surface area (Å²) in [5, 5.41) is 9.69. The van der Waals surface area contributed by atoms with Gasteiger partial charge in [0, 0.05) is 6.20 Å². The minimum atomic E-state index is -0.864. The van der Waals surface area contributed by atoms with Gasteiger partial charge in [0.25, 0.3) is 5.56 Å². The van der Waals surface area contributed by atoms with E-state index in [2.05, 4.69) is 32.6 Å². The Balaban J connectivity index is 2.34. The van der Waals surface area contributed by atoms with Crippen molar-refractivity contribution < 1.29 is 9.84 Å². The lowest BCUT2D eigenvalue weighted by Crippen LogP contribution is -2.29. The molecule has 2 rings (SSSR count). The number of aromatic nitrogens is 2. The van der Waals surface area contributed by atoms with Gasteiger partial charge in [-0.05, 0) is 6.08 Å². The first-order valence-electron chi connectivity index (χ1n) is 4.55. The quantitative estimate of drug-likeness (QED) is 0.516. The molecule has 0 saturated heterocycles. The van der Waals surface area contributed by atoms with Crippen LogP contribution in [0.4, 0.5) is 0 Å². The number of rotatable bonds is 2. The number of ether oxygens (including phenoxy) is 1. The Bertz CT molecular complexity index is 533. The summed E-state index contributed by atoms with van der Waals surface area (Å²) in [7, 11) is 0. The largest absolute Gasteiger partial charge is 0.486 e. The third-order valence-electron chi connectivity index (χ3n) is 2.23. The molecule has 2 heterocycles. The van der Waals surface area contributed by atoms with Crippen LogP contribution in [0, 0.1) is 0 Å². The molecule has 0 amide bonds. The lowest BCUT2D eigenvalue weighted by Gasteiger charge is -2.14. The van der Waals surface area contributed by atoms with E-state index in [1.807, 2.05) is 0 Å². The second kappa shape index (κ2) is 4.42. The van der Waals surface area contributed by atoms with Gasteiger partial charge in [0.2, 0.25) is 0 Å². The molecule has 0 saturated carbocycles. The van der Waals surface area contributed by atoms with Crippen molar-refractivity contribution in [3.63, 3.8) is 0 Å². The number of aliphatic hydroxyl groups is 1. The zero-order valence-electron chi connectivity index (χ0n) is 8.07. The molecule has 0 spiro atoms. The number of aliphatic hydroxyl groups excluding tert-OH is 1. The summed E-state index contributed by atoms with van der Waals surface area (Å²) >= 11 is 2.09. The van der Waals surface area contributed by atoms with E-state index in [0.717, 1.165) is 0 Å². The van der Waals surface area contributed by atoms with Crippen LogP contribution >= 0.6 is 22.6 Å². The fourth-order valence-corrected chi connectivity index (χ4v) is 1.94. The van der Waals surface area contributed by atoms with Crippen LogP contribution in [-0.2, 0) is 4.74 Å². The van der Waals surface area contributed by atoms with Crippen molar-refractivity contribution in [1.29, 1.82) is 0 Å². The van der Waals surface area contributed by atoms with E-state index in [1.54, 1.807) is 6.08 Å². The lowest BCUT2D eigenvalue weighted by molar-refractivity contribution is 0.0516. The van der Waals surface area contributed by atoms with Gasteiger partial charge >= 0.3 is 5.69 Å². The van der Waals surface area contributed by atoms with Crippen LogP contribution in [0.5, 0.6) is 0 Å². The summed E-state index contributed by atoms with van der Waals surface area (Å²) in [6, 6.07) is 0. The van der Waals surface area contributed by atoms with Gasteiger partial charge in [0.15, 0.2) is 6.10 Å². The van der Waals surface area contributed by atoms with Crippen LogP contribution in [0.25, 0.3) is 0 Å². The van der Waals surface area contributed by atoms with Gasteiger partial charge in [-0.25, -0.2) is 4.79 Å². The molecule has 16 heavy (non-hydrogen) atoms. The molecular weight excluding hydrogens is 327 g/mol. The average Bonchev–Trinajstić information content (AvgIpc) is 2.60. The normalized spacial score (nSPS) is 24.0. The van der Waals surface area contributed by atoms with Crippen molar-refractivity contribution in [1.82, 2.24) is 9.97 Å². The van der Waals surface area contributed by atoms with Gasteiger partial charge in [-0.15, -0.1) is 0 Å². The van der Waals surface area contributed by atoms with Gasteiger partial charge in [0.05, 0.1) is 9.99 Å². The Morgan fingerprint density at radius 2 is 2.25 bits per heavy atom. The molecule has 1 unspecified atom stereocenters. The van der Waals surface area contributed by atoms with Crippen molar-refractivity contribution in [2.24, 2.45) is 0 Å². The van der Waals surface area contributed by atoms with Crippen molar-refractivity contribution >= 4 is 22.6 Å². The number of allylic oxidation sites excluding steroid dienone is 1. The molecule has 6 nitrogen and oxygen atoms in total. The molecule has 1 aromatic rings. The van der Waals surface area contributed by atoms with E-state index in [-0.39, 0.29) is 5.56 Å². The summed E-state index contributed by atoms with van der Waals surface area (Å²) in [4.78, 5) is 26.7. The predicted octanol–water partition coefficient (Wildman–Crippen LogP) is -0.186. The molecular formula is C9H9IN2O4. The van der Waals surface area contributed by atoms with Crippen molar-refractivity contribution in [2.75, 3.05) is 4.43 Å². The molecule has 86 valence electrons. The Labute approximate surface area is 103 Å². The molecule has 0 aliphatic carbocycles. The first-order valence-corrected chi connectivity index (χ1v) is 6.07. The van der Waals surface area contributed by atoms with Gasteiger partial charge in [-0.3, -0.25) is 9.78 Å². The Hall–Kier alpha value is -1.09. The molecule has 1 aliphatic rings. The van der Waals surface area contributed by atoms with E-state index >= 15 is 0 Å². The number of hydrogen-bond donors (Lipinski definition) is 3. The maximum atomic E-state index is 11.5. The molecule has 0 bridgehead atoms. The third-order valence-corrected chi connectivity index (χ3v) is 2.98. The van der Waals surface area contributed by atoms with E-state index in [0.29, 0.717) is 10.2 Å². The summed E-state index contributed by atoms with van der Waals surface area (Å²) in [5.74, 6) is 0.628. The minimum Gasteiger partial charge on any atom is -0.486 e. The second-order valence-corrected chi connectivity index (χ2v) is 4.09. The van der Waals surface area contributed by atoms with E-state index in [4.69, 9.17) is 4.74 Å². The highest BCUT2D eigenvalue weighted by Crippen LogP contribution is 2.29. The van der Waals surface area contributed by atoms with Crippen LogP contribution in [-0.4, -0.2) is 25.6 Å². The number of hydrogen-bond acceptors (Lipinski definition) is 4. The fraction of sp³-hybridized carbons (Fsp3) is 0.333. The first kappa shape index (κ1) is 11.4. The van der Waals surface area contributed by atoms with Gasteiger partial charge < -0.3 is 14.8 Å². The van der Waals surface area contributed by atoms with Gasteiger partial charge in [-0.1, -0.05) is 22.6 Å². The Kier molecular flexibility index (Phi) is 3.15. The molecule has 2 atom stereocenters.